The lowest BCUT2D eigenvalue weighted by molar-refractivity contribution is -0.137. The second-order valence-electron chi connectivity index (χ2n) is 6.51. The van der Waals surface area contributed by atoms with E-state index in [2.05, 4.69) is 4.98 Å². The predicted molar refractivity (Wildman–Crippen MR) is 114 cm³/mol. The molecule has 1 atom stereocenters. The lowest BCUT2D eigenvalue weighted by Gasteiger charge is -2.17. The van der Waals surface area contributed by atoms with E-state index in [-0.39, 0.29) is 5.02 Å². The molecule has 0 saturated carbocycles. The molecular formula is C22H13Cl2F3N2S. The van der Waals surface area contributed by atoms with Gasteiger partial charge in [-0.25, -0.2) is 4.98 Å². The lowest BCUT2D eigenvalue weighted by Crippen LogP contribution is -2.10. The Kier molecular flexibility index (Phi) is 5.82. The number of halogens is 5. The van der Waals surface area contributed by atoms with Crippen molar-refractivity contribution in [1.29, 1.82) is 0 Å². The third kappa shape index (κ3) is 4.36. The zero-order valence-corrected chi connectivity index (χ0v) is 17.5. The van der Waals surface area contributed by atoms with Crippen LogP contribution in [-0.2, 0) is 6.18 Å². The molecule has 152 valence electrons. The fourth-order valence-electron chi connectivity index (χ4n) is 3.05. The van der Waals surface area contributed by atoms with E-state index in [1.54, 1.807) is 12.1 Å². The van der Waals surface area contributed by atoms with Crippen LogP contribution < -0.4 is 0 Å². The molecule has 8 heteroatoms. The zero-order chi connectivity index (χ0) is 21.3. The normalized spacial score (nSPS) is 12.7. The van der Waals surface area contributed by atoms with Gasteiger partial charge >= 0.3 is 6.18 Å². The smallest absolute Gasteiger partial charge is 0.258 e. The summed E-state index contributed by atoms with van der Waals surface area (Å²) in [4.78, 5) is 8.82. The molecule has 2 nitrogen and oxygen atoms in total. The Balaban J connectivity index is 1.80. The van der Waals surface area contributed by atoms with E-state index < -0.39 is 17.7 Å². The highest BCUT2D eigenvalue weighted by Crippen LogP contribution is 2.39. The average molecular weight is 465 g/mol. The van der Waals surface area contributed by atoms with Crippen molar-refractivity contribution in [2.24, 2.45) is 0 Å². The van der Waals surface area contributed by atoms with E-state index in [1.165, 1.54) is 11.3 Å². The van der Waals surface area contributed by atoms with Crippen LogP contribution in [0.5, 0.6) is 0 Å². The van der Waals surface area contributed by atoms with Crippen LogP contribution in [0, 0.1) is 0 Å². The molecule has 2 aromatic carbocycles. The van der Waals surface area contributed by atoms with Gasteiger partial charge in [0.25, 0.3) is 0 Å². The van der Waals surface area contributed by atoms with Crippen molar-refractivity contribution in [2.45, 2.75) is 12.1 Å². The highest BCUT2D eigenvalue weighted by Gasteiger charge is 2.33. The fraction of sp³-hybridized carbons (Fsp3) is 0.0909. The van der Waals surface area contributed by atoms with Crippen LogP contribution in [0.4, 0.5) is 13.2 Å². The Labute approximate surface area is 185 Å². The number of alkyl halides is 3. The third-order valence-corrected chi connectivity index (χ3v) is 5.98. The summed E-state index contributed by atoms with van der Waals surface area (Å²) in [7, 11) is 0. The monoisotopic (exact) mass is 464 g/mol. The highest BCUT2D eigenvalue weighted by molar-refractivity contribution is 7.10. The fourth-order valence-corrected chi connectivity index (χ4v) is 4.41. The van der Waals surface area contributed by atoms with Crippen LogP contribution in [0.3, 0.4) is 0 Å². The third-order valence-electron chi connectivity index (χ3n) is 4.51. The highest BCUT2D eigenvalue weighted by atomic mass is 35.5. The lowest BCUT2D eigenvalue weighted by atomic mass is 9.95. The van der Waals surface area contributed by atoms with Crippen molar-refractivity contribution in [2.75, 3.05) is 0 Å². The molecule has 4 aromatic rings. The molecule has 30 heavy (non-hydrogen) atoms. The quantitative estimate of drug-likeness (QED) is 0.309. The molecule has 0 N–H and O–H groups in total. The minimum atomic E-state index is -4.51. The number of pyridine rings is 1. The molecule has 0 radical (unpaired) electrons. The van der Waals surface area contributed by atoms with Gasteiger partial charge < -0.3 is 0 Å². The van der Waals surface area contributed by atoms with E-state index in [4.69, 9.17) is 28.2 Å². The van der Waals surface area contributed by atoms with E-state index in [9.17, 15) is 13.2 Å². The number of nitrogens with zero attached hydrogens (tertiary/aromatic N) is 2. The van der Waals surface area contributed by atoms with Gasteiger partial charge in [-0.05, 0) is 23.8 Å². The topological polar surface area (TPSA) is 25.8 Å². The molecule has 0 bridgehead atoms. The molecule has 0 amide bonds. The van der Waals surface area contributed by atoms with Gasteiger partial charge in [-0.1, -0.05) is 65.7 Å². The van der Waals surface area contributed by atoms with Crippen molar-refractivity contribution in [3.8, 4) is 11.3 Å². The second kappa shape index (κ2) is 8.38. The maximum atomic E-state index is 13.0. The van der Waals surface area contributed by atoms with Crippen LogP contribution in [0.15, 0.2) is 72.2 Å². The van der Waals surface area contributed by atoms with Crippen molar-refractivity contribution in [1.82, 2.24) is 9.97 Å². The second-order valence-corrected chi connectivity index (χ2v) is 8.24. The molecule has 2 heterocycles. The number of rotatable bonds is 4. The molecule has 2 aromatic heterocycles. The molecule has 0 aliphatic carbocycles. The summed E-state index contributed by atoms with van der Waals surface area (Å²) in [6.07, 6.45) is -3.70. The summed E-state index contributed by atoms with van der Waals surface area (Å²) < 4.78 is 39.1. The number of benzene rings is 2. The Bertz CT molecular complexity index is 1160. The van der Waals surface area contributed by atoms with Gasteiger partial charge in [-0.2, -0.15) is 13.2 Å². The van der Waals surface area contributed by atoms with E-state index in [0.717, 1.165) is 29.1 Å². The van der Waals surface area contributed by atoms with Gasteiger partial charge in [-0.3, -0.25) is 4.98 Å². The van der Waals surface area contributed by atoms with Gasteiger partial charge in [0.15, 0.2) is 0 Å². The maximum absolute atomic E-state index is 13.0. The first-order valence-electron chi connectivity index (χ1n) is 8.82. The molecule has 0 aliphatic heterocycles. The number of hydrogen-bond donors (Lipinski definition) is 0. The van der Waals surface area contributed by atoms with Crippen LogP contribution >= 0.6 is 34.5 Å². The van der Waals surface area contributed by atoms with Crippen molar-refractivity contribution < 1.29 is 13.2 Å². The summed E-state index contributed by atoms with van der Waals surface area (Å²) in [6, 6.07) is 17.5. The first-order chi connectivity index (χ1) is 14.3. The maximum Gasteiger partial charge on any atom is 0.417 e. The first-order valence-corrected chi connectivity index (χ1v) is 10.5. The summed E-state index contributed by atoms with van der Waals surface area (Å²) in [6.45, 7) is 0. The molecule has 0 saturated heterocycles. The molecule has 4 rings (SSSR count). The predicted octanol–water partition coefficient (Wildman–Crippen LogP) is 7.71. The van der Waals surface area contributed by atoms with E-state index in [0.29, 0.717) is 15.7 Å². The van der Waals surface area contributed by atoms with E-state index in [1.807, 2.05) is 47.8 Å². The molecule has 0 aliphatic rings. The molecule has 0 unspecified atom stereocenters. The van der Waals surface area contributed by atoms with Gasteiger partial charge in [0.2, 0.25) is 0 Å². The van der Waals surface area contributed by atoms with Crippen LogP contribution in [0.25, 0.3) is 11.3 Å². The number of hydrogen-bond acceptors (Lipinski definition) is 3. The van der Waals surface area contributed by atoms with Crippen molar-refractivity contribution in [3.63, 3.8) is 0 Å². The Morgan fingerprint density at radius 3 is 2.27 bits per heavy atom. The first kappa shape index (κ1) is 20.8. The largest absolute Gasteiger partial charge is 0.417 e. The zero-order valence-electron chi connectivity index (χ0n) is 15.2. The summed E-state index contributed by atoms with van der Waals surface area (Å²) in [5.74, 6) is -0.493. The van der Waals surface area contributed by atoms with Gasteiger partial charge in [0.1, 0.15) is 5.01 Å². The Hall–Kier alpha value is -2.41. The van der Waals surface area contributed by atoms with E-state index >= 15 is 0 Å². The summed E-state index contributed by atoms with van der Waals surface area (Å²) in [5, 5.41) is 3.14. The number of thiazole rings is 1. The minimum absolute atomic E-state index is 0.0538. The van der Waals surface area contributed by atoms with Gasteiger partial charge in [0, 0.05) is 22.2 Å². The molecular weight excluding hydrogens is 452 g/mol. The molecule has 0 spiro atoms. The Morgan fingerprint density at radius 2 is 1.63 bits per heavy atom. The molecule has 0 fully saturated rings. The van der Waals surface area contributed by atoms with Crippen LogP contribution in [0.2, 0.25) is 10.0 Å². The van der Waals surface area contributed by atoms with Crippen LogP contribution in [0.1, 0.15) is 27.7 Å². The van der Waals surface area contributed by atoms with Crippen molar-refractivity contribution >= 4 is 34.5 Å². The SMILES string of the molecule is FC(F)(F)c1cnc([C@H](c2ccccc2)c2nc(-c3ccc(Cl)cc3)cs2)c(Cl)c1. The Morgan fingerprint density at radius 1 is 0.933 bits per heavy atom. The number of aromatic nitrogens is 2. The summed E-state index contributed by atoms with van der Waals surface area (Å²) in [5.41, 5.74) is 1.91. The minimum Gasteiger partial charge on any atom is -0.258 e. The van der Waals surface area contributed by atoms with Crippen molar-refractivity contribution in [3.05, 3.63) is 104 Å². The average Bonchev–Trinajstić information content (AvgIpc) is 3.20. The standard InChI is InChI=1S/C22H13Cl2F3N2S/c23-16-8-6-13(7-9-16)18-12-30-21(29-18)19(14-4-2-1-3-5-14)20-17(24)10-15(11-28-20)22(25,26)27/h1-12,19H/t19-/m0/s1. The van der Waals surface area contributed by atoms with Crippen LogP contribution in [-0.4, -0.2) is 9.97 Å². The summed E-state index contributed by atoms with van der Waals surface area (Å²) >= 11 is 13.6. The van der Waals surface area contributed by atoms with Gasteiger partial charge in [0.05, 0.1) is 27.9 Å². The van der Waals surface area contributed by atoms with Gasteiger partial charge in [-0.15, -0.1) is 11.3 Å².